The Hall–Kier alpha value is -1.04. The van der Waals surface area contributed by atoms with E-state index in [1.54, 1.807) is 11.1 Å². The smallest absolute Gasteiger partial charge is 0.0227 e. The third-order valence-corrected chi connectivity index (χ3v) is 4.59. The Labute approximate surface area is 146 Å². The van der Waals surface area contributed by atoms with Crippen molar-refractivity contribution in [2.75, 3.05) is 0 Å². The molecule has 0 bridgehead atoms. The van der Waals surface area contributed by atoms with E-state index in [1.807, 2.05) is 0 Å². The quantitative estimate of drug-likeness (QED) is 0.305. The number of hydrogen-bond acceptors (Lipinski definition) is 0. The van der Waals surface area contributed by atoms with Gasteiger partial charge in [-0.1, -0.05) is 64.0 Å². The minimum Gasteiger partial charge on any atom is -0.103 e. The molecule has 0 heteroatoms. The van der Waals surface area contributed by atoms with Crippen LogP contribution in [0.25, 0.3) is 0 Å². The van der Waals surface area contributed by atoms with Crippen LogP contribution in [-0.4, -0.2) is 0 Å². The minimum absolute atomic E-state index is 0.560. The summed E-state index contributed by atoms with van der Waals surface area (Å²) in [6, 6.07) is 0. The lowest BCUT2D eigenvalue weighted by Crippen LogP contribution is -2.06. The molecule has 0 amide bonds. The molecule has 23 heavy (non-hydrogen) atoms. The number of rotatable bonds is 13. The van der Waals surface area contributed by atoms with Gasteiger partial charge in [-0.05, 0) is 62.2 Å². The minimum atomic E-state index is 0.560. The zero-order valence-electron chi connectivity index (χ0n) is 16.4. The van der Waals surface area contributed by atoms with Crippen molar-refractivity contribution in [3.8, 4) is 0 Å². The Morgan fingerprint density at radius 3 is 1.87 bits per heavy atom. The van der Waals surface area contributed by atoms with Crippen molar-refractivity contribution >= 4 is 0 Å². The van der Waals surface area contributed by atoms with Crippen LogP contribution in [0.5, 0.6) is 0 Å². The lowest BCUT2D eigenvalue weighted by atomic mass is 9.83. The topological polar surface area (TPSA) is 0 Å². The first-order valence-corrected chi connectivity index (χ1v) is 9.39. The van der Waals surface area contributed by atoms with Crippen molar-refractivity contribution in [1.29, 1.82) is 0 Å². The summed E-state index contributed by atoms with van der Waals surface area (Å²) in [6.45, 7) is 23.4. The molecule has 0 aromatic rings. The summed E-state index contributed by atoms with van der Waals surface area (Å²) in [5.74, 6) is 2.55. The average molecular weight is 317 g/mol. The van der Waals surface area contributed by atoms with Crippen LogP contribution in [0.2, 0.25) is 0 Å². The second-order valence-corrected chi connectivity index (χ2v) is 7.81. The second-order valence-electron chi connectivity index (χ2n) is 7.81. The molecule has 0 spiro atoms. The maximum absolute atomic E-state index is 3.98. The van der Waals surface area contributed by atoms with E-state index in [0.29, 0.717) is 23.7 Å². The predicted molar refractivity (Wildman–Crippen MR) is 108 cm³/mol. The van der Waals surface area contributed by atoms with Gasteiger partial charge >= 0.3 is 0 Å². The highest BCUT2D eigenvalue weighted by Crippen LogP contribution is 2.31. The Morgan fingerprint density at radius 1 is 0.783 bits per heavy atom. The van der Waals surface area contributed by atoms with Crippen molar-refractivity contribution in [3.63, 3.8) is 0 Å². The van der Waals surface area contributed by atoms with E-state index in [0.717, 1.165) is 6.42 Å². The standard InChI is InChI=1S/C23H40/c1-9-12-21(8)17-22(14-13-19(6)10-2)23(15-18(4)5)16-20(7)11-3/h9-11,18-21H,1-3,12-17H2,4-8H3. The Balaban J connectivity index is 5.36. The first-order chi connectivity index (χ1) is 10.8. The zero-order chi connectivity index (χ0) is 17.8. The third-order valence-electron chi connectivity index (χ3n) is 4.59. The average Bonchev–Trinajstić information content (AvgIpc) is 2.49. The normalized spacial score (nSPS) is 16.4. The molecular formula is C23H40. The van der Waals surface area contributed by atoms with Crippen LogP contribution in [-0.2, 0) is 0 Å². The van der Waals surface area contributed by atoms with Gasteiger partial charge in [-0.2, -0.15) is 0 Å². The Kier molecular flexibility index (Phi) is 11.8. The fourth-order valence-corrected chi connectivity index (χ4v) is 3.07. The molecule has 0 rings (SSSR count). The molecule has 3 atom stereocenters. The highest BCUT2D eigenvalue weighted by molar-refractivity contribution is 5.17. The van der Waals surface area contributed by atoms with E-state index in [-0.39, 0.29) is 0 Å². The van der Waals surface area contributed by atoms with Gasteiger partial charge in [0.25, 0.3) is 0 Å². The van der Waals surface area contributed by atoms with Crippen LogP contribution in [0.4, 0.5) is 0 Å². The maximum Gasteiger partial charge on any atom is -0.0227 e. The SMILES string of the molecule is C=CCC(C)CC(CCC(C)C=C)=C(CC(C)C)CC(C)C=C. The Morgan fingerprint density at radius 2 is 1.39 bits per heavy atom. The van der Waals surface area contributed by atoms with Crippen molar-refractivity contribution < 1.29 is 0 Å². The lowest BCUT2D eigenvalue weighted by Gasteiger charge is -2.22. The fourth-order valence-electron chi connectivity index (χ4n) is 3.07. The molecule has 0 heterocycles. The maximum atomic E-state index is 3.98. The first kappa shape index (κ1) is 22.0. The van der Waals surface area contributed by atoms with Gasteiger partial charge < -0.3 is 0 Å². The van der Waals surface area contributed by atoms with E-state index in [9.17, 15) is 0 Å². The molecule has 3 unspecified atom stereocenters. The molecular weight excluding hydrogens is 276 g/mol. The van der Waals surface area contributed by atoms with E-state index < -0.39 is 0 Å². The van der Waals surface area contributed by atoms with Crippen molar-refractivity contribution in [3.05, 3.63) is 49.1 Å². The summed E-state index contributed by atoms with van der Waals surface area (Å²) >= 11 is 0. The highest BCUT2D eigenvalue weighted by atomic mass is 14.2. The first-order valence-electron chi connectivity index (χ1n) is 9.39. The molecule has 0 aliphatic rings. The predicted octanol–water partition coefficient (Wildman–Crippen LogP) is 7.75. The van der Waals surface area contributed by atoms with Gasteiger partial charge in [-0.3, -0.25) is 0 Å². The summed E-state index contributed by atoms with van der Waals surface area (Å²) < 4.78 is 0. The van der Waals surface area contributed by atoms with Gasteiger partial charge in [0.15, 0.2) is 0 Å². The molecule has 0 N–H and O–H groups in total. The molecule has 0 aromatic carbocycles. The van der Waals surface area contributed by atoms with Crippen LogP contribution in [0, 0.1) is 23.7 Å². The molecule has 0 fully saturated rings. The van der Waals surface area contributed by atoms with Gasteiger partial charge in [-0.15, -0.1) is 19.7 Å². The molecule has 0 aromatic heterocycles. The zero-order valence-corrected chi connectivity index (χ0v) is 16.4. The van der Waals surface area contributed by atoms with Crippen molar-refractivity contribution in [2.24, 2.45) is 23.7 Å². The summed E-state index contributed by atoms with van der Waals surface area (Å²) in [5, 5.41) is 0. The summed E-state index contributed by atoms with van der Waals surface area (Å²) in [5.41, 5.74) is 3.37. The molecule has 0 saturated carbocycles. The van der Waals surface area contributed by atoms with E-state index in [4.69, 9.17) is 0 Å². The van der Waals surface area contributed by atoms with Crippen LogP contribution in [0.3, 0.4) is 0 Å². The van der Waals surface area contributed by atoms with Gasteiger partial charge in [0, 0.05) is 0 Å². The summed E-state index contributed by atoms with van der Waals surface area (Å²) in [7, 11) is 0. The molecule has 0 aliphatic heterocycles. The molecule has 0 saturated heterocycles. The van der Waals surface area contributed by atoms with Crippen molar-refractivity contribution in [2.45, 2.75) is 73.1 Å². The van der Waals surface area contributed by atoms with E-state index in [2.05, 4.69) is 72.6 Å². The van der Waals surface area contributed by atoms with Crippen LogP contribution in [0.15, 0.2) is 49.1 Å². The molecule has 0 radical (unpaired) electrons. The largest absolute Gasteiger partial charge is 0.103 e. The van der Waals surface area contributed by atoms with Gasteiger partial charge in [-0.25, -0.2) is 0 Å². The van der Waals surface area contributed by atoms with Crippen LogP contribution < -0.4 is 0 Å². The molecule has 132 valence electrons. The molecule has 0 nitrogen and oxygen atoms in total. The number of hydrogen-bond donors (Lipinski definition) is 0. The highest BCUT2D eigenvalue weighted by Gasteiger charge is 2.14. The van der Waals surface area contributed by atoms with E-state index in [1.165, 1.54) is 32.1 Å². The van der Waals surface area contributed by atoms with Crippen LogP contribution >= 0.6 is 0 Å². The fraction of sp³-hybridized carbons (Fsp3) is 0.652. The molecule has 0 aliphatic carbocycles. The number of allylic oxidation sites excluding steroid dienone is 5. The van der Waals surface area contributed by atoms with Gasteiger partial charge in [0.05, 0.1) is 0 Å². The summed E-state index contributed by atoms with van der Waals surface area (Å²) in [4.78, 5) is 0. The van der Waals surface area contributed by atoms with Crippen molar-refractivity contribution in [1.82, 2.24) is 0 Å². The lowest BCUT2D eigenvalue weighted by molar-refractivity contribution is 0.525. The Bertz CT molecular complexity index is 383. The van der Waals surface area contributed by atoms with Gasteiger partial charge in [0.2, 0.25) is 0 Å². The second kappa shape index (κ2) is 12.4. The van der Waals surface area contributed by atoms with E-state index >= 15 is 0 Å². The third kappa shape index (κ3) is 10.4. The monoisotopic (exact) mass is 316 g/mol. The van der Waals surface area contributed by atoms with Crippen LogP contribution in [0.1, 0.15) is 73.1 Å². The van der Waals surface area contributed by atoms with Gasteiger partial charge in [0.1, 0.15) is 0 Å². The summed E-state index contributed by atoms with van der Waals surface area (Å²) in [6.07, 6.45) is 13.4.